The molecule has 0 unspecified atom stereocenters. The Bertz CT molecular complexity index is 232. The number of nitrogens with two attached hydrogens (primary N) is 1. The Morgan fingerprint density at radius 2 is 2.00 bits per heavy atom. The molecule has 3 N–H and O–H groups in total. The number of nitrogens with zero attached hydrogens (tertiary/aromatic N) is 1. The molecule has 1 amide bonds. The van der Waals surface area contributed by atoms with E-state index in [0.29, 0.717) is 6.54 Å². The number of hydrogen-bond donors (Lipinski definition) is 2. The molecule has 0 aromatic rings. The number of carbonyl (C=O) groups is 1. The Kier molecular flexibility index (Phi) is 4.74. The highest BCUT2D eigenvalue weighted by atomic mass is 16.2. The summed E-state index contributed by atoms with van der Waals surface area (Å²) < 4.78 is 0. The zero-order valence-electron chi connectivity index (χ0n) is 10.8. The van der Waals surface area contributed by atoms with Crippen molar-refractivity contribution in [3.63, 3.8) is 0 Å². The van der Waals surface area contributed by atoms with Gasteiger partial charge in [0.15, 0.2) is 0 Å². The van der Waals surface area contributed by atoms with Crippen molar-refractivity contribution in [3.05, 3.63) is 0 Å². The third kappa shape index (κ3) is 4.10. The monoisotopic (exact) mass is 227 g/mol. The topological polar surface area (TPSA) is 58.4 Å². The second-order valence-electron chi connectivity index (χ2n) is 5.51. The van der Waals surface area contributed by atoms with Crippen LogP contribution in [0, 0.1) is 5.41 Å². The van der Waals surface area contributed by atoms with Crippen LogP contribution in [0.1, 0.15) is 33.6 Å². The molecule has 1 aliphatic rings. The van der Waals surface area contributed by atoms with E-state index in [9.17, 15) is 4.79 Å². The van der Waals surface area contributed by atoms with Gasteiger partial charge in [-0.2, -0.15) is 0 Å². The zero-order chi connectivity index (χ0) is 12.2. The van der Waals surface area contributed by atoms with Crippen molar-refractivity contribution >= 4 is 5.91 Å². The number of hydrogen-bond acceptors (Lipinski definition) is 3. The van der Waals surface area contributed by atoms with Crippen LogP contribution >= 0.6 is 0 Å². The van der Waals surface area contributed by atoms with E-state index < -0.39 is 0 Å². The minimum atomic E-state index is 0.131. The predicted octanol–water partition coefficient (Wildman–Crippen LogP) is 0.572. The lowest BCUT2D eigenvalue weighted by Crippen LogP contribution is -2.46. The van der Waals surface area contributed by atoms with Gasteiger partial charge in [-0.05, 0) is 51.7 Å². The number of nitrogens with one attached hydrogen (secondary N) is 1. The fraction of sp³-hybridized carbons (Fsp3) is 0.917. The van der Waals surface area contributed by atoms with Crippen molar-refractivity contribution < 1.29 is 4.79 Å². The lowest BCUT2D eigenvalue weighted by Gasteiger charge is -2.38. The molecule has 1 saturated heterocycles. The van der Waals surface area contributed by atoms with E-state index in [4.69, 9.17) is 5.73 Å². The van der Waals surface area contributed by atoms with E-state index >= 15 is 0 Å². The normalized spacial score (nSPS) is 21.1. The highest BCUT2D eigenvalue weighted by Crippen LogP contribution is 2.28. The fourth-order valence-corrected chi connectivity index (χ4v) is 2.03. The Hall–Kier alpha value is -0.610. The van der Waals surface area contributed by atoms with Crippen LogP contribution in [0.25, 0.3) is 0 Å². The van der Waals surface area contributed by atoms with Crippen LogP contribution in [0.15, 0.2) is 0 Å². The summed E-state index contributed by atoms with van der Waals surface area (Å²) in [6, 6.07) is 0.228. The van der Waals surface area contributed by atoms with Gasteiger partial charge in [-0.15, -0.1) is 0 Å². The molecule has 1 fully saturated rings. The highest BCUT2D eigenvalue weighted by Gasteiger charge is 2.29. The molecule has 4 nitrogen and oxygen atoms in total. The molecule has 0 bridgehead atoms. The van der Waals surface area contributed by atoms with Crippen LogP contribution < -0.4 is 11.1 Å². The molecule has 4 heteroatoms. The predicted molar refractivity (Wildman–Crippen MR) is 66.1 cm³/mol. The molecule has 0 radical (unpaired) electrons. The summed E-state index contributed by atoms with van der Waals surface area (Å²) in [4.78, 5) is 13.8. The van der Waals surface area contributed by atoms with Crippen molar-refractivity contribution in [2.75, 3.05) is 26.2 Å². The quantitative estimate of drug-likeness (QED) is 0.738. The van der Waals surface area contributed by atoms with Crippen LogP contribution in [0.4, 0.5) is 0 Å². The molecule has 1 rings (SSSR count). The summed E-state index contributed by atoms with van der Waals surface area (Å²) in [7, 11) is 0. The number of carbonyl (C=O) groups excluding carboxylic acids is 1. The van der Waals surface area contributed by atoms with Crippen LogP contribution in [-0.4, -0.2) is 43.0 Å². The summed E-state index contributed by atoms with van der Waals surface area (Å²) in [5, 5.41) is 2.92. The first-order valence-corrected chi connectivity index (χ1v) is 6.17. The second-order valence-corrected chi connectivity index (χ2v) is 5.51. The second kappa shape index (κ2) is 5.64. The zero-order valence-corrected chi connectivity index (χ0v) is 10.8. The minimum absolute atomic E-state index is 0.131. The van der Waals surface area contributed by atoms with Gasteiger partial charge >= 0.3 is 0 Å². The maximum atomic E-state index is 11.6. The molecule has 0 aliphatic carbocycles. The van der Waals surface area contributed by atoms with E-state index in [2.05, 4.69) is 17.1 Å². The average molecular weight is 227 g/mol. The van der Waals surface area contributed by atoms with E-state index in [1.807, 2.05) is 13.8 Å². The average Bonchev–Trinajstić information content (AvgIpc) is 2.21. The van der Waals surface area contributed by atoms with Gasteiger partial charge in [0.05, 0.1) is 6.54 Å². The number of rotatable bonds is 4. The SMILES string of the molecule is CC(C)NC(=O)CN1CCC(C)(CN)CC1. The molecule has 16 heavy (non-hydrogen) atoms. The molecule has 94 valence electrons. The maximum absolute atomic E-state index is 11.6. The number of piperidine rings is 1. The van der Waals surface area contributed by atoms with Crippen LogP contribution in [0.5, 0.6) is 0 Å². The number of amides is 1. The summed E-state index contributed by atoms with van der Waals surface area (Å²) in [6.45, 7) is 9.45. The largest absolute Gasteiger partial charge is 0.353 e. The highest BCUT2D eigenvalue weighted by molar-refractivity contribution is 5.78. The van der Waals surface area contributed by atoms with Crippen molar-refractivity contribution in [1.82, 2.24) is 10.2 Å². The Balaban J connectivity index is 2.29. The van der Waals surface area contributed by atoms with Crippen LogP contribution in [-0.2, 0) is 4.79 Å². The van der Waals surface area contributed by atoms with Gasteiger partial charge < -0.3 is 11.1 Å². The molecule has 0 aromatic heterocycles. The Morgan fingerprint density at radius 1 is 1.44 bits per heavy atom. The first kappa shape index (κ1) is 13.5. The first-order valence-electron chi connectivity index (χ1n) is 6.17. The van der Waals surface area contributed by atoms with Gasteiger partial charge in [0.2, 0.25) is 5.91 Å². The van der Waals surface area contributed by atoms with Gasteiger partial charge in [-0.25, -0.2) is 0 Å². The van der Waals surface area contributed by atoms with Crippen molar-refractivity contribution in [2.24, 2.45) is 11.1 Å². The summed E-state index contributed by atoms with van der Waals surface area (Å²) in [6.07, 6.45) is 2.19. The first-order chi connectivity index (χ1) is 7.45. The summed E-state index contributed by atoms with van der Waals surface area (Å²) >= 11 is 0. The van der Waals surface area contributed by atoms with Gasteiger partial charge in [-0.1, -0.05) is 6.92 Å². The lowest BCUT2D eigenvalue weighted by molar-refractivity contribution is -0.123. The Labute approximate surface area is 98.6 Å². The molecular formula is C12H25N3O. The van der Waals surface area contributed by atoms with Crippen LogP contribution in [0.2, 0.25) is 0 Å². The van der Waals surface area contributed by atoms with Gasteiger partial charge in [0, 0.05) is 6.04 Å². The molecule has 1 aliphatic heterocycles. The van der Waals surface area contributed by atoms with E-state index in [-0.39, 0.29) is 17.4 Å². The molecule has 0 atom stereocenters. The molecule has 1 heterocycles. The molecular weight excluding hydrogens is 202 g/mol. The molecule has 0 aromatic carbocycles. The summed E-state index contributed by atoms with van der Waals surface area (Å²) in [5.74, 6) is 0.131. The smallest absolute Gasteiger partial charge is 0.234 e. The number of likely N-dealkylation sites (tertiary alicyclic amines) is 1. The Morgan fingerprint density at radius 3 is 2.44 bits per heavy atom. The van der Waals surface area contributed by atoms with Crippen LogP contribution in [0.3, 0.4) is 0 Å². The van der Waals surface area contributed by atoms with E-state index in [1.54, 1.807) is 0 Å². The maximum Gasteiger partial charge on any atom is 0.234 e. The van der Waals surface area contributed by atoms with Crippen molar-refractivity contribution in [3.8, 4) is 0 Å². The summed E-state index contributed by atoms with van der Waals surface area (Å²) in [5.41, 5.74) is 6.04. The van der Waals surface area contributed by atoms with Crippen molar-refractivity contribution in [1.29, 1.82) is 0 Å². The molecule has 0 saturated carbocycles. The standard InChI is InChI=1S/C12H25N3O/c1-10(2)14-11(16)8-15-6-4-12(3,9-13)5-7-15/h10H,4-9,13H2,1-3H3,(H,14,16). The van der Waals surface area contributed by atoms with Crippen molar-refractivity contribution in [2.45, 2.75) is 39.7 Å². The van der Waals surface area contributed by atoms with Gasteiger partial charge in [0.25, 0.3) is 0 Å². The van der Waals surface area contributed by atoms with E-state index in [0.717, 1.165) is 32.5 Å². The fourth-order valence-electron chi connectivity index (χ4n) is 2.03. The minimum Gasteiger partial charge on any atom is -0.353 e. The van der Waals surface area contributed by atoms with E-state index in [1.165, 1.54) is 0 Å². The third-order valence-electron chi connectivity index (χ3n) is 3.37. The third-order valence-corrected chi connectivity index (χ3v) is 3.37. The lowest BCUT2D eigenvalue weighted by atomic mass is 9.80. The molecule has 0 spiro atoms. The van der Waals surface area contributed by atoms with Gasteiger partial charge in [-0.3, -0.25) is 9.69 Å². The van der Waals surface area contributed by atoms with Gasteiger partial charge in [0.1, 0.15) is 0 Å².